The van der Waals surface area contributed by atoms with Gasteiger partial charge in [-0.15, -0.1) is 10.2 Å². The smallest absolute Gasteiger partial charge is 0.257 e. The normalized spacial score (nSPS) is 16.3. The molecule has 1 N–H and O–H groups in total. The predicted molar refractivity (Wildman–Crippen MR) is 123 cm³/mol. The lowest BCUT2D eigenvalue weighted by atomic mass is 10.1. The maximum absolute atomic E-state index is 12.8. The van der Waals surface area contributed by atoms with Crippen molar-refractivity contribution in [1.82, 2.24) is 19.5 Å². The van der Waals surface area contributed by atoms with Gasteiger partial charge in [0.05, 0.1) is 12.7 Å². The first kappa shape index (κ1) is 20.2. The number of likely N-dealkylation sites (tertiary alicyclic amines) is 1. The Balaban J connectivity index is 1.32. The Hall–Kier alpha value is -3.71. The number of fused-ring (bicyclic) bond motifs is 1. The van der Waals surface area contributed by atoms with Crippen molar-refractivity contribution in [3.8, 4) is 5.75 Å². The minimum Gasteiger partial charge on any atom is -0.497 e. The van der Waals surface area contributed by atoms with Crippen molar-refractivity contribution in [2.75, 3.05) is 25.5 Å². The van der Waals surface area contributed by atoms with E-state index in [1.165, 1.54) is 5.56 Å². The Morgan fingerprint density at radius 1 is 1.06 bits per heavy atom. The minimum atomic E-state index is -0.172. The number of carbonyl (C=O) groups is 1. The van der Waals surface area contributed by atoms with E-state index in [1.807, 2.05) is 47.0 Å². The van der Waals surface area contributed by atoms with Crippen LogP contribution in [0, 0.1) is 0 Å². The number of nitrogens with one attached hydrogen (secondary N) is 1. The van der Waals surface area contributed by atoms with E-state index >= 15 is 0 Å². The molecule has 0 aliphatic carbocycles. The zero-order valence-electron chi connectivity index (χ0n) is 17.9. The van der Waals surface area contributed by atoms with Gasteiger partial charge in [-0.2, -0.15) is 0 Å². The monoisotopic (exact) mass is 427 g/mol. The molecule has 1 fully saturated rings. The molecule has 1 aliphatic heterocycles. The molecule has 1 saturated heterocycles. The highest BCUT2D eigenvalue weighted by Gasteiger charge is 2.27. The summed E-state index contributed by atoms with van der Waals surface area (Å²) in [6, 6.07) is 21.4. The van der Waals surface area contributed by atoms with Crippen LogP contribution in [-0.2, 0) is 6.54 Å². The van der Waals surface area contributed by atoms with E-state index in [4.69, 9.17) is 4.74 Å². The van der Waals surface area contributed by atoms with Crippen LogP contribution in [0.4, 0.5) is 5.69 Å². The highest BCUT2D eigenvalue weighted by molar-refractivity contribution is 6.04. The van der Waals surface area contributed by atoms with Gasteiger partial charge in [-0.05, 0) is 54.9 Å². The minimum absolute atomic E-state index is 0.172. The van der Waals surface area contributed by atoms with Gasteiger partial charge in [0, 0.05) is 30.9 Å². The summed E-state index contributed by atoms with van der Waals surface area (Å²) in [5.74, 6) is 1.77. The largest absolute Gasteiger partial charge is 0.497 e. The second-order valence-electron chi connectivity index (χ2n) is 8.09. The first-order valence-electron chi connectivity index (χ1n) is 10.8. The Morgan fingerprint density at radius 2 is 1.88 bits per heavy atom. The van der Waals surface area contributed by atoms with E-state index in [-0.39, 0.29) is 11.8 Å². The molecule has 7 nitrogen and oxygen atoms in total. The Morgan fingerprint density at radius 3 is 2.66 bits per heavy atom. The molecule has 1 amide bonds. The van der Waals surface area contributed by atoms with Gasteiger partial charge in [0.15, 0.2) is 5.65 Å². The zero-order valence-corrected chi connectivity index (χ0v) is 17.9. The van der Waals surface area contributed by atoms with Crippen LogP contribution in [0.5, 0.6) is 5.75 Å². The Labute approximate surface area is 186 Å². The standard InChI is InChI=1S/C25H25N5O2/c1-32-22-10-8-21(9-11-22)26-25(31)20-7-12-23-27-28-24(30(23)17-20)19-13-14-29(16-19)15-18-5-3-2-4-6-18/h2-12,17,19H,13-16H2,1H3,(H,26,31). The van der Waals surface area contributed by atoms with Gasteiger partial charge < -0.3 is 10.1 Å². The molecular formula is C25H25N5O2. The van der Waals surface area contributed by atoms with E-state index in [2.05, 4.69) is 44.7 Å². The molecular weight excluding hydrogens is 402 g/mol. The second-order valence-corrected chi connectivity index (χ2v) is 8.09. The van der Waals surface area contributed by atoms with Crippen LogP contribution < -0.4 is 10.1 Å². The van der Waals surface area contributed by atoms with Gasteiger partial charge in [-0.3, -0.25) is 14.1 Å². The van der Waals surface area contributed by atoms with Crippen molar-refractivity contribution in [3.05, 3.63) is 89.9 Å². The van der Waals surface area contributed by atoms with E-state index < -0.39 is 0 Å². The van der Waals surface area contributed by atoms with Gasteiger partial charge in [0.25, 0.3) is 5.91 Å². The number of pyridine rings is 1. The highest BCUT2D eigenvalue weighted by atomic mass is 16.5. The van der Waals surface area contributed by atoms with Gasteiger partial charge in [-0.25, -0.2) is 0 Å². The molecule has 0 saturated carbocycles. The van der Waals surface area contributed by atoms with Crippen LogP contribution >= 0.6 is 0 Å². The summed E-state index contributed by atoms with van der Waals surface area (Å²) < 4.78 is 7.13. The summed E-state index contributed by atoms with van der Waals surface area (Å²) in [5, 5.41) is 11.7. The summed E-state index contributed by atoms with van der Waals surface area (Å²) in [6.07, 6.45) is 2.86. The van der Waals surface area contributed by atoms with Crippen LogP contribution in [0.1, 0.15) is 34.1 Å². The third-order valence-electron chi connectivity index (χ3n) is 5.93. The van der Waals surface area contributed by atoms with Crippen LogP contribution in [0.25, 0.3) is 5.65 Å². The topological polar surface area (TPSA) is 71.8 Å². The summed E-state index contributed by atoms with van der Waals surface area (Å²) in [7, 11) is 1.62. The number of ether oxygens (including phenoxy) is 1. The number of hydrogen-bond donors (Lipinski definition) is 1. The first-order chi connectivity index (χ1) is 15.7. The van der Waals surface area contributed by atoms with Gasteiger partial charge in [0.1, 0.15) is 11.6 Å². The number of nitrogens with zero attached hydrogens (tertiary/aromatic N) is 4. The predicted octanol–water partition coefficient (Wildman–Crippen LogP) is 3.98. The third kappa shape index (κ3) is 4.20. The van der Waals surface area contributed by atoms with E-state index in [0.717, 1.165) is 43.3 Å². The number of amides is 1. The highest BCUT2D eigenvalue weighted by Crippen LogP contribution is 2.27. The molecule has 0 radical (unpaired) electrons. The van der Waals surface area contributed by atoms with Crippen molar-refractivity contribution < 1.29 is 9.53 Å². The lowest BCUT2D eigenvalue weighted by Gasteiger charge is -2.15. The molecule has 0 spiro atoms. The number of methoxy groups -OCH3 is 1. The SMILES string of the molecule is COc1ccc(NC(=O)c2ccc3nnc(C4CCN(Cc5ccccc5)C4)n3c2)cc1. The summed E-state index contributed by atoms with van der Waals surface area (Å²) in [4.78, 5) is 15.3. The van der Waals surface area contributed by atoms with Crippen LogP contribution in [-0.4, -0.2) is 45.6 Å². The molecule has 0 bridgehead atoms. The maximum Gasteiger partial charge on any atom is 0.257 e. The van der Waals surface area contributed by atoms with Gasteiger partial charge in [0.2, 0.25) is 0 Å². The van der Waals surface area contributed by atoms with Gasteiger partial charge in [-0.1, -0.05) is 30.3 Å². The van der Waals surface area contributed by atoms with Gasteiger partial charge >= 0.3 is 0 Å². The molecule has 32 heavy (non-hydrogen) atoms. The van der Waals surface area contributed by atoms with Crippen LogP contribution in [0.15, 0.2) is 72.9 Å². The second kappa shape index (κ2) is 8.80. The molecule has 1 aliphatic rings. The lowest BCUT2D eigenvalue weighted by molar-refractivity contribution is 0.102. The zero-order chi connectivity index (χ0) is 21.9. The first-order valence-corrected chi connectivity index (χ1v) is 10.8. The van der Waals surface area contributed by atoms with Crippen LogP contribution in [0.2, 0.25) is 0 Å². The Kier molecular flexibility index (Phi) is 5.56. The molecule has 5 rings (SSSR count). The molecule has 3 heterocycles. The van der Waals surface area contributed by atoms with Crippen molar-refractivity contribution in [3.63, 3.8) is 0 Å². The molecule has 2 aromatic carbocycles. The number of anilines is 1. The molecule has 162 valence electrons. The number of aromatic nitrogens is 3. The number of carbonyl (C=O) groups excluding carboxylic acids is 1. The summed E-state index contributed by atoms with van der Waals surface area (Å²) in [6.45, 7) is 2.88. The third-order valence-corrected chi connectivity index (χ3v) is 5.93. The number of benzene rings is 2. The summed E-state index contributed by atoms with van der Waals surface area (Å²) in [5.41, 5.74) is 3.35. The maximum atomic E-state index is 12.8. The fourth-order valence-electron chi connectivity index (χ4n) is 4.23. The average Bonchev–Trinajstić information content (AvgIpc) is 3.46. The van der Waals surface area contributed by atoms with Crippen LogP contribution in [0.3, 0.4) is 0 Å². The summed E-state index contributed by atoms with van der Waals surface area (Å²) >= 11 is 0. The van der Waals surface area contributed by atoms with Crippen molar-refractivity contribution >= 4 is 17.2 Å². The van der Waals surface area contributed by atoms with E-state index in [0.29, 0.717) is 11.3 Å². The fraction of sp³-hybridized carbons (Fsp3) is 0.240. The molecule has 7 heteroatoms. The van der Waals surface area contributed by atoms with E-state index in [9.17, 15) is 4.79 Å². The lowest BCUT2D eigenvalue weighted by Crippen LogP contribution is -2.20. The molecule has 1 atom stereocenters. The van der Waals surface area contributed by atoms with Crippen molar-refractivity contribution in [1.29, 1.82) is 0 Å². The number of rotatable bonds is 6. The van der Waals surface area contributed by atoms with Crippen molar-refractivity contribution in [2.45, 2.75) is 18.9 Å². The Bertz CT molecular complexity index is 1220. The molecule has 2 aromatic heterocycles. The quantitative estimate of drug-likeness (QED) is 0.504. The molecule has 4 aromatic rings. The van der Waals surface area contributed by atoms with Crippen molar-refractivity contribution in [2.24, 2.45) is 0 Å². The fourth-order valence-corrected chi connectivity index (χ4v) is 4.23. The van der Waals surface area contributed by atoms with E-state index in [1.54, 1.807) is 13.2 Å². The average molecular weight is 428 g/mol. The number of hydrogen-bond acceptors (Lipinski definition) is 5. The molecule has 1 unspecified atom stereocenters.